The molecule has 0 aliphatic carbocycles. The molecule has 19 heavy (non-hydrogen) atoms. The fourth-order valence-corrected chi connectivity index (χ4v) is 3.11. The first-order valence-corrected chi connectivity index (χ1v) is 7.02. The van der Waals surface area contributed by atoms with Crippen molar-refractivity contribution in [3.05, 3.63) is 11.6 Å². The number of fused-ring (bicyclic) bond motifs is 1. The molecule has 1 aromatic rings. The third kappa shape index (κ3) is 2.14. The Labute approximate surface area is 113 Å². The number of hydrogen-bond donors (Lipinski definition) is 1. The first kappa shape index (κ1) is 12.6. The number of nitrogens with zero attached hydrogens (tertiary/aromatic N) is 4. The monoisotopic (exact) mass is 263 g/mol. The number of likely N-dealkylation sites (N-methyl/N-ethyl adjacent to an activating group) is 1. The van der Waals surface area contributed by atoms with E-state index in [0.717, 1.165) is 50.4 Å². The highest BCUT2D eigenvalue weighted by molar-refractivity contribution is 5.86. The van der Waals surface area contributed by atoms with Crippen LogP contribution in [0.15, 0.2) is 0 Å². The molecule has 3 heterocycles. The zero-order valence-electron chi connectivity index (χ0n) is 11.6. The number of amides is 1. The molecule has 6 heteroatoms. The number of aromatic nitrogens is 3. The van der Waals surface area contributed by atoms with Crippen LogP contribution >= 0.6 is 0 Å². The summed E-state index contributed by atoms with van der Waals surface area (Å²) in [7, 11) is 1.85. The minimum atomic E-state index is -0.400. The molecule has 1 amide bonds. The second-order valence-electron chi connectivity index (χ2n) is 5.81. The van der Waals surface area contributed by atoms with Gasteiger partial charge in [0.15, 0.2) is 5.82 Å². The van der Waals surface area contributed by atoms with Gasteiger partial charge in [0.05, 0.1) is 12.1 Å². The topological polar surface area (TPSA) is 63.1 Å². The SMILES string of the molecule is CN(Cc1nnc2n1CCC2)C(=O)C1(C)CCCN1. The van der Waals surface area contributed by atoms with E-state index >= 15 is 0 Å². The Kier molecular flexibility index (Phi) is 3.05. The third-order valence-corrected chi connectivity index (χ3v) is 4.25. The van der Waals surface area contributed by atoms with Gasteiger partial charge in [0.2, 0.25) is 5.91 Å². The van der Waals surface area contributed by atoms with E-state index in [9.17, 15) is 4.79 Å². The van der Waals surface area contributed by atoms with E-state index in [4.69, 9.17) is 0 Å². The molecule has 0 bridgehead atoms. The molecule has 1 aromatic heterocycles. The molecule has 1 atom stereocenters. The summed E-state index contributed by atoms with van der Waals surface area (Å²) in [5.41, 5.74) is -0.400. The Morgan fingerprint density at radius 1 is 1.47 bits per heavy atom. The lowest BCUT2D eigenvalue weighted by Crippen LogP contribution is -2.51. The molecule has 1 unspecified atom stereocenters. The normalized spacial score (nSPS) is 25.6. The van der Waals surface area contributed by atoms with Crippen LogP contribution in [0.4, 0.5) is 0 Å². The van der Waals surface area contributed by atoms with Gasteiger partial charge in [0, 0.05) is 20.0 Å². The Morgan fingerprint density at radius 3 is 3.05 bits per heavy atom. The maximum Gasteiger partial charge on any atom is 0.242 e. The molecule has 3 rings (SSSR count). The van der Waals surface area contributed by atoms with Crippen molar-refractivity contribution in [2.45, 2.75) is 51.2 Å². The summed E-state index contributed by atoms with van der Waals surface area (Å²) in [6, 6.07) is 0. The lowest BCUT2D eigenvalue weighted by atomic mass is 9.99. The number of carbonyl (C=O) groups is 1. The number of aryl methyl sites for hydroxylation is 1. The van der Waals surface area contributed by atoms with Crippen LogP contribution in [-0.2, 0) is 24.3 Å². The summed E-state index contributed by atoms with van der Waals surface area (Å²) in [6.07, 6.45) is 4.11. The Morgan fingerprint density at radius 2 is 2.32 bits per heavy atom. The maximum atomic E-state index is 12.5. The highest BCUT2D eigenvalue weighted by atomic mass is 16.2. The van der Waals surface area contributed by atoms with Crippen LogP contribution in [0.5, 0.6) is 0 Å². The molecule has 1 N–H and O–H groups in total. The van der Waals surface area contributed by atoms with Crippen LogP contribution in [0.25, 0.3) is 0 Å². The van der Waals surface area contributed by atoms with Crippen LogP contribution in [-0.4, -0.2) is 44.7 Å². The lowest BCUT2D eigenvalue weighted by molar-refractivity contribution is -0.136. The first-order valence-electron chi connectivity index (χ1n) is 7.02. The molecule has 2 aliphatic heterocycles. The van der Waals surface area contributed by atoms with E-state index in [2.05, 4.69) is 20.1 Å². The largest absolute Gasteiger partial charge is 0.337 e. The lowest BCUT2D eigenvalue weighted by Gasteiger charge is -2.29. The fourth-order valence-electron chi connectivity index (χ4n) is 3.11. The average Bonchev–Trinajstić information content (AvgIpc) is 3.07. The highest BCUT2D eigenvalue weighted by Gasteiger charge is 2.38. The number of rotatable bonds is 3. The maximum absolute atomic E-state index is 12.5. The van der Waals surface area contributed by atoms with Gasteiger partial charge in [-0.2, -0.15) is 0 Å². The van der Waals surface area contributed by atoms with E-state index in [1.807, 2.05) is 14.0 Å². The molecule has 1 saturated heterocycles. The number of nitrogens with one attached hydrogen (secondary N) is 1. The van der Waals surface area contributed by atoms with E-state index < -0.39 is 5.54 Å². The van der Waals surface area contributed by atoms with Crippen LogP contribution in [0.2, 0.25) is 0 Å². The van der Waals surface area contributed by atoms with Gasteiger partial charge < -0.3 is 14.8 Å². The van der Waals surface area contributed by atoms with Crippen molar-refractivity contribution in [1.29, 1.82) is 0 Å². The first-order chi connectivity index (χ1) is 9.10. The quantitative estimate of drug-likeness (QED) is 0.853. The Hall–Kier alpha value is -1.43. The standard InChI is InChI=1S/C13H21N5O/c1-13(6-4-7-14-13)12(19)17(2)9-11-16-15-10-5-3-8-18(10)11/h14H,3-9H2,1-2H3. The van der Waals surface area contributed by atoms with E-state index in [1.165, 1.54) is 0 Å². The summed E-state index contributed by atoms with van der Waals surface area (Å²) in [5.74, 6) is 2.12. The predicted octanol–water partition coefficient (Wildman–Crippen LogP) is 0.325. The van der Waals surface area contributed by atoms with Gasteiger partial charge >= 0.3 is 0 Å². The summed E-state index contributed by atoms with van der Waals surface area (Å²) in [5, 5.41) is 11.7. The van der Waals surface area contributed by atoms with Crippen molar-refractivity contribution in [2.75, 3.05) is 13.6 Å². The molecule has 0 aromatic carbocycles. The summed E-state index contributed by atoms with van der Waals surface area (Å²) in [6.45, 7) is 4.45. The summed E-state index contributed by atoms with van der Waals surface area (Å²) >= 11 is 0. The molecule has 1 fully saturated rings. The van der Waals surface area contributed by atoms with Gasteiger partial charge in [-0.05, 0) is 32.7 Å². The predicted molar refractivity (Wildman–Crippen MR) is 70.5 cm³/mol. The number of hydrogen-bond acceptors (Lipinski definition) is 4. The van der Waals surface area contributed by atoms with Gasteiger partial charge in [-0.15, -0.1) is 10.2 Å². The van der Waals surface area contributed by atoms with Crippen molar-refractivity contribution in [2.24, 2.45) is 0 Å². The molecule has 104 valence electrons. The molecule has 6 nitrogen and oxygen atoms in total. The van der Waals surface area contributed by atoms with Crippen molar-refractivity contribution >= 4 is 5.91 Å². The molecule has 0 radical (unpaired) electrons. The van der Waals surface area contributed by atoms with E-state index in [0.29, 0.717) is 6.54 Å². The fraction of sp³-hybridized carbons (Fsp3) is 0.769. The van der Waals surface area contributed by atoms with Gasteiger partial charge in [-0.3, -0.25) is 4.79 Å². The zero-order chi connectivity index (χ0) is 13.5. The molecule has 2 aliphatic rings. The second kappa shape index (κ2) is 4.59. The summed E-state index contributed by atoms with van der Waals surface area (Å²) in [4.78, 5) is 14.3. The highest BCUT2D eigenvalue weighted by Crippen LogP contribution is 2.22. The van der Waals surface area contributed by atoms with E-state index in [-0.39, 0.29) is 5.91 Å². The second-order valence-corrected chi connectivity index (χ2v) is 5.81. The zero-order valence-corrected chi connectivity index (χ0v) is 11.6. The van der Waals surface area contributed by atoms with Gasteiger partial charge in [-0.25, -0.2) is 0 Å². The van der Waals surface area contributed by atoms with Crippen LogP contribution in [0.3, 0.4) is 0 Å². The molecular weight excluding hydrogens is 242 g/mol. The Balaban J connectivity index is 1.70. The van der Waals surface area contributed by atoms with Crippen molar-refractivity contribution < 1.29 is 4.79 Å². The third-order valence-electron chi connectivity index (χ3n) is 4.25. The molecular formula is C13H21N5O. The van der Waals surface area contributed by atoms with E-state index in [1.54, 1.807) is 4.90 Å². The average molecular weight is 263 g/mol. The van der Waals surface area contributed by atoms with Crippen LogP contribution in [0.1, 0.15) is 37.8 Å². The molecule has 0 spiro atoms. The minimum Gasteiger partial charge on any atom is -0.337 e. The summed E-state index contributed by atoms with van der Waals surface area (Å²) < 4.78 is 2.15. The van der Waals surface area contributed by atoms with Gasteiger partial charge in [-0.1, -0.05) is 0 Å². The van der Waals surface area contributed by atoms with Crippen molar-refractivity contribution in [3.63, 3.8) is 0 Å². The van der Waals surface area contributed by atoms with Gasteiger partial charge in [0.25, 0.3) is 0 Å². The Bertz CT molecular complexity index is 489. The van der Waals surface area contributed by atoms with Crippen molar-refractivity contribution in [3.8, 4) is 0 Å². The number of carbonyl (C=O) groups excluding carboxylic acids is 1. The van der Waals surface area contributed by atoms with Crippen molar-refractivity contribution in [1.82, 2.24) is 25.0 Å². The van der Waals surface area contributed by atoms with Gasteiger partial charge in [0.1, 0.15) is 5.82 Å². The minimum absolute atomic E-state index is 0.153. The molecule has 0 saturated carbocycles. The van der Waals surface area contributed by atoms with Crippen LogP contribution < -0.4 is 5.32 Å². The smallest absolute Gasteiger partial charge is 0.242 e. The van der Waals surface area contributed by atoms with Crippen LogP contribution in [0, 0.1) is 0 Å².